The molecule has 5 rings (SSSR count). The van der Waals surface area contributed by atoms with Gasteiger partial charge in [0.2, 0.25) is 0 Å². The van der Waals surface area contributed by atoms with Crippen LogP contribution in [0.2, 0.25) is 0 Å². The van der Waals surface area contributed by atoms with Crippen molar-refractivity contribution in [3.8, 4) is 10.6 Å². The minimum absolute atomic E-state index is 0.0656. The molecule has 0 fully saturated rings. The molecule has 36 heavy (non-hydrogen) atoms. The van der Waals surface area contributed by atoms with Gasteiger partial charge in [0, 0.05) is 17.4 Å². The van der Waals surface area contributed by atoms with Crippen molar-refractivity contribution in [2.24, 2.45) is 0 Å². The molecule has 0 spiro atoms. The first-order valence-corrected chi connectivity index (χ1v) is 11.2. The molecule has 1 N–H and O–H groups in total. The normalized spacial score (nSPS) is 12.5. The molecule has 0 radical (unpaired) electrons. The zero-order valence-electron chi connectivity index (χ0n) is 18.0. The first-order chi connectivity index (χ1) is 16.9. The predicted octanol–water partition coefficient (Wildman–Crippen LogP) is 7.70. The lowest BCUT2D eigenvalue weighted by Crippen LogP contribution is -2.11. The number of aromatic carboxylic acids is 1. The van der Waals surface area contributed by atoms with E-state index in [2.05, 4.69) is 4.98 Å². The molecule has 0 saturated heterocycles. The standard InChI is InChI=1S/C25H14F6N2O2S/c26-24(27,28)14-5-3-4-13(10-14)12-33-18-7-2-1-6-16(18)20(21(33)23(34)35)22-32-17-11-15(25(29,30)31)8-9-19(17)36-22/h1-11H,12H2,(H,34,35). The van der Waals surface area contributed by atoms with E-state index >= 15 is 0 Å². The monoisotopic (exact) mass is 520 g/mol. The van der Waals surface area contributed by atoms with Gasteiger partial charge in [-0.25, -0.2) is 9.78 Å². The SMILES string of the molecule is O=C(O)c1c(-c2nc3cc(C(F)(F)F)ccc3s2)c2ccccc2n1Cc1cccc(C(F)(F)F)c1. The van der Waals surface area contributed by atoms with Crippen molar-refractivity contribution in [3.63, 3.8) is 0 Å². The topological polar surface area (TPSA) is 55.1 Å². The average molecular weight is 520 g/mol. The summed E-state index contributed by atoms with van der Waals surface area (Å²) >= 11 is 1.04. The summed E-state index contributed by atoms with van der Waals surface area (Å²) in [5, 5.41) is 10.8. The Morgan fingerprint density at radius 3 is 2.28 bits per heavy atom. The van der Waals surface area contributed by atoms with Gasteiger partial charge in [-0.2, -0.15) is 26.3 Å². The number of nitrogens with zero attached hydrogens (tertiary/aromatic N) is 2. The first kappa shape index (κ1) is 23.9. The quantitative estimate of drug-likeness (QED) is 0.247. The molecule has 0 amide bonds. The van der Waals surface area contributed by atoms with Gasteiger partial charge in [0.25, 0.3) is 0 Å². The molecular weight excluding hydrogens is 506 g/mol. The van der Waals surface area contributed by atoms with Crippen molar-refractivity contribution in [1.29, 1.82) is 0 Å². The number of thiazole rings is 1. The summed E-state index contributed by atoms with van der Waals surface area (Å²) in [6.45, 7) is -0.171. The number of hydrogen-bond donors (Lipinski definition) is 1. The van der Waals surface area contributed by atoms with Gasteiger partial charge in [0.1, 0.15) is 10.7 Å². The molecule has 0 unspecified atom stereocenters. The van der Waals surface area contributed by atoms with Crippen LogP contribution in [0.1, 0.15) is 27.2 Å². The second-order valence-corrected chi connectivity index (χ2v) is 9.06. The number of benzene rings is 3. The molecule has 0 aliphatic heterocycles. The van der Waals surface area contributed by atoms with E-state index in [1.54, 1.807) is 24.3 Å². The van der Waals surface area contributed by atoms with E-state index in [1.807, 2.05) is 0 Å². The average Bonchev–Trinajstić information content (AvgIpc) is 3.37. The highest BCUT2D eigenvalue weighted by molar-refractivity contribution is 7.21. The van der Waals surface area contributed by atoms with E-state index in [1.165, 1.54) is 22.8 Å². The zero-order chi connectivity index (χ0) is 25.8. The maximum absolute atomic E-state index is 13.2. The first-order valence-electron chi connectivity index (χ1n) is 10.4. The summed E-state index contributed by atoms with van der Waals surface area (Å²) in [5.41, 5.74) is -1.02. The Bertz CT molecular complexity index is 1630. The number of alkyl halides is 6. The molecule has 184 valence electrons. The minimum Gasteiger partial charge on any atom is -0.477 e. The molecule has 0 aliphatic carbocycles. The fourth-order valence-corrected chi connectivity index (χ4v) is 5.15. The van der Waals surface area contributed by atoms with Crippen LogP contribution in [0.4, 0.5) is 26.3 Å². The van der Waals surface area contributed by atoms with Crippen LogP contribution in [0, 0.1) is 0 Å². The minimum atomic E-state index is -4.56. The second-order valence-electron chi connectivity index (χ2n) is 8.03. The van der Waals surface area contributed by atoms with Crippen molar-refractivity contribution in [3.05, 3.63) is 89.1 Å². The highest BCUT2D eigenvalue weighted by Crippen LogP contribution is 2.41. The van der Waals surface area contributed by atoms with E-state index in [9.17, 15) is 36.2 Å². The van der Waals surface area contributed by atoms with Crippen molar-refractivity contribution < 1.29 is 36.2 Å². The number of carbonyl (C=O) groups is 1. The Balaban J connectivity index is 1.71. The van der Waals surface area contributed by atoms with Crippen LogP contribution in [0.3, 0.4) is 0 Å². The molecule has 0 bridgehead atoms. The second kappa shape index (κ2) is 8.37. The van der Waals surface area contributed by atoms with E-state index in [4.69, 9.17) is 0 Å². The van der Waals surface area contributed by atoms with Crippen molar-refractivity contribution in [1.82, 2.24) is 9.55 Å². The third kappa shape index (κ3) is 4.19. The van der Waals surface area contributed by atoms with Gasteiger partial charge in [-0.15, -0.1) is 11.3 Å². The predicted molar refractivity (Wildman–Crippen MR) is 123 cm³/mol. The van der Waals surface area contributed by atoms with Crippen LogP contribution in [0.25, 0.3) is 31.7 Å². The van der Waals surface area contributed by atoms with Gasteiger partial charge < -0.3 is 9.67 Å². The number of hydrogen-bond acceptors (Lipinski definition) is 3. The van der Waals surface area contributed by atoms with Gasteiger partial charge in [-0.1, -0.05) is 30.3 Å². The lowest BCUT2D eigenvalue weighted by atomic mass is 10.1. The highest BCUT2D eigenvalue weighted by atomic mass is 32.1. The van der Waals surface area contributed by atoms with Crippen molar-refractivity contribution in [2.75, 3.05) is 0 Å². The third-order valence-corrected chi connectivity index (χ3v) is 6.75. The lowest BCUT2D eigenvalue weighted by Gasteiger charge is -2.12. The van der Waals surface area contributed by atoms with Crippen LogP contribution < -0.4 is 0 Å². The fourth-order valence-electron chi connectivity index (χ4n) is 4.15. The lowest BCUT2D eigenvalue weighted by molar-refractivity contribution is -0.138. The maximum Gasteiger partial charge on any atom is 0.416 e. The molecule has 3 aromatic carbocycles. The van der Waals surface area contributed by atoms with Crippen LogP contribution >= 0.6 is 11.3 Å². The Morgan fingerprint density at radius 1 is 0.889 bits per heavy atom. The Kier molecular flexibility index (Phi) is 5.55. The molecular formula is C25H14F6N2O2S. The Morgan fingerprint density at radius 2 is 1.58 bits per heavy atom. The summed E-state index contributed by atoms with van der Waals surface area (Å²) in [6, 6.07) is 14.3. The number of halogens is 6. The number of para-hydroxylation sites is 1. The molecule has 2 heterocycles. The van der Waals surface area contributed by atoms with Crippen LogP contribution in [-0.2, 0) is 18.9 Å². The van der Waals surface area contributed by atoms with E-state index in [0.717, 1.165) is 35.6 Å². The van der Waals surface area contributed by atoms with E-state index < -0.39 is 29.4 Å². The third-order valence-electron chi connectivity index (χ3n) is 5.70. The Hall–Kier alpha value is -3.86. The maximum atomic E-state index is 13.2. The molecule has 0 aliphatic rings. The number of carboxylic acids is 1. The number of carboxylic acid groups (broad SMARTS) is 1. The largest absolute Gasteiger partial charge is 0.477 e. The molecule has 5 aromatic rings. The molecule has 0 saturated carbocycles. The van der Waals surface area contributed by atoms with Gasteiger partial charge in [0.15, 0.2) is 0 Å². The van der Waals surface area contributed by atoms with E-state index in [-0.39, 0.29) is 33.9 Å². The van der Waals surface area contributed by atoms with Gasteiger partial charge in [-0.3, -0.25) is 0 Å². The number of fused-ring (bicyclic) bond motifs is 2. The van der Waals surface area contributed by atoms with E-state index in [0.29, 0.717) is 15.6 Å². The number of aromatic nitrogens is 2. The van der Waals surface area contributed by atoms with Crippen molar-refractivity contribution >= 4 is 38.4 Å². The molecule has 11 heteroatoms. The smallest absolute Gasteiger partial charge is 0.416 e. The van der Waals surface area contributed by atoms with Crippen LogP contribution in [0.15, 0.2) is 66.7 Å². The Labute approximate surface area is 203 Å². The summed E-state index contributed by atoms with van der Waals surface area (Å²) in [5.74, 6) is -1.34. The summed E-state index contributed by atoms with van der Waals surface area (Å²) in [6.07, 6.45) is -9.13. The van der Waals surface area contributed by atoms with Crippen LogP contribution in [-0.4, -0.2) is 20.6 Å². The molecule has 4 nitrogen and oxygen atoms in total. The van der Waals surface area contributed by atoms with Crippen LogP contribution in [0.5, 0.6) is 0 Å². The highest BCUT2D eigenvalue weighted by Gasteiger charge is 2.32. The zero-order valence-corrected chi connectivity index (χ0v) is 18.8. The molecule has 0 atom stereocenters. The summed E-state index contributed by atoms with van der Waals surface area (Å²) < 4.78 is 81.0. The van der Waals surface area contributed by atoms with Crippen molar-refractivity contribution in [2.45, 2.75) is 18.9 Å². The number of rotatable bonds is 4. The summed E-state index contributed by atoms with van der Waals surface area (Å²) in [7, 11) is 0. The van der Waals surface area contributed by atoms with Gasteiger partial charge >= 0.3 is 18.3 Å². The van der Waals surface area contributed by atoms with Gasteiger partial charge in [-0.05, 0) is 42.0 Å². The fraction of sp³-hybridized carbons (Fsp3) is 0.120. The summed E-state index contributed by atoms with van der Waals surface area (Å²) in [4.78, 5) is 16.7. The molecule has 2 aromatic heterocycles. The van der Waals surface area contributed by atoms with Gasteiger partial charge in [0.05, 0.1) is 26.9 Å².